The second-order valence-corrected chi connectivity index (χ2v) is 6.84. The number of carbonyl (C=O) groups is 2. The zero-order chi connectivity index (χ0) is 22.4. The van der Waals surface area contributed by atoms with E-state index in [-0.39, 0.29) is 27.9 Å². The molecule has 1 aromatic carbocycles. The van der Waals surface area contributed by atoms with Crippen molar-refractivity contribution in [2.75, 3.05) is 5.32 Å². The van der Waals surface area contributed by atoms with E-state index in [1.54, 1.807) is 6.07 Å². The lowest BCUT2D eigenvalue weighted by atomic mass is 10.2. The Labute approximate surface area is 175 Å². The normalized spacial score (nSPS) is 10.7. The summed E-state index contributed by atoms with van der Waals surface area (Å²) in [5, 5.41) is 24.6. The molecule has 0 atom stereocenters. The van der Waals surface area contributed by atoms with E-state index in [0.29, 0.717) is 5.56 Å². The summed E-state index contributed by atoms with van der Waals surface area (Å²) in [6, 6.07) is 6.60. The van der Waals surface area contributed by atoms with Gasteiger partial charge in [0.15, 0.2) is 0 Å². The van der Waals surface area contributed by atoms with Crippen molar-refractivity contribution < 1.29 is 14.5 Å². The molecule has 0 spiro atoms. The van der Waals surface area contributed by atoms with E-state index in [1.807, 2.05) is 4.98 Å². The number of nitrogens with one attached hydrogen (secondary N) is 4. The molecule has 0 aliphatic carbocycles. The highest BCUT2D eigenvalue weighted by atomic mass is 32.1. The van der Waals surface area contributed by atoms with Crippen molar-refractivity contribution >= 4 is 40.2 Å². The van der Waals surface area contributed by atoms with E-state index in [2.05, 4.69) is 31.0 Å². The molecule has 14 nitrogen and oxygen atoms in total. The van der Waals surface area contributed by atoms with E-state index in [1.165, 1.54) is 24.4 Å². The molecule has 3 aromatic rings. The van der Waals surface area contributed by atoms with Gasteiger partial charge in [0.1, 0.15) is 10.7 Å². The van der Waals surface area contributed by atoms with Gasteiger partial charge in [0.25, 0.3) is 17.2 Å². The first-order valence-corrected chi connectivity index (χ1v) is 9.15. The number of nitrogens with zero attached hydrogens (tertiary/aromatic N) is 4. The minimum absolute atomic E-state index is 0.0500. The van der Waals surface area contributed by atoms with Crippen LogP contribution in [0.25, 0.3) is 0 Å². The predicted molar refractivity (Wildman–Crippen MR) is 108 cm³/mol. The third kappa shape index (κ3) is 5.97. The monoisotopic (exact) mass is 444 g/mol. The lowest BCUT2D eigenvalue weighted by Gasteiger charge is -1.99. The van der Waals surface area contributed by atoms with Gasteiger partial charge >= 0.3 is 5.69 Å². The number of aromatic nitrogens is 4. The Balaban J connectivity index is 1.55. The third-order valence-corrected chi connectivity index (χ3v) is 4.33. The molecular weight excluding hydrogens is 432 g/mol. The number of hydrazone groups is 1. The van der Waals surface area contributed by atoms with Gasteiger partial charge in [-0.15, -0.1) is 10.2 Å². The number of anilines is 1. The third-order valence-electron chi connectivity index (χ3n) is 3.49. The highest BCUT2D eigenvalue weighted by molar-refractivity contribution is 7.15. The molecule has 0 aliphatic heterocycles. The van der Waals surface area contributed by atoms with Crippen LogP contribution in [-0.2, 0) is 11.2 Å². The number of amides is 2. The Hall–Kier alpha value is -4.53. The van der Waals surface area contributed by atoms with Crippen LogP contribution in [0.2, 0.25) is 0 Å². The van der Waals surface area contributed by atoms with Crippen LogP contribution in [-0.4, -0.2) is 43.1 Å². The van der Waals surface area contributed by atoms with Crippen molar-refractivity contribution in [2.45, 2.75) is 6.42 Å². The summed E-state index contributed by atoms with van der Waals surface area (Å²) in [4.78, 5) is 60.8. The Kier molecular flexibility index (Phi) is 6.36. The molecule has 2 aromatic heterocycles. The summed E-state index contributed by atoms with van der Waals surface area (Å²) < 4.78 is 0. The number of hydrogen-bond acceptors (Lipinski definition) is 10. The van der Waals surface area contributed by atoms with Crippen LogP contribution >= 0.6 is 11.3 Å². The summed E-state index contributed by atoms with van der Waals surface area (Å²) in [7, 11) is 0. The number of nitro benzene ring substituents is 1. The van der Waals surface area contributed by atoms with Crippen molar-refractivity contribution in [3.8, 4) is 0 Å². The van der Waals surface area contributed by atoms with E-state index in [9.17, 15) is 29.3 Å². The molecule has 0 fully saturated rings. The first kappa shape index (κ1) is 21.2. The number of benzene rings is 1. The first-order chi connectivity index (χ1) is 14.8. The fourth-order valence-electron chi connectivity index (χ4n) is 2.21. The van der Waals surface area contributed by atoms with Crippen molar-refractivity contribution in [2.24, 2.45) is 5.10 Å². The van der Waals surface area contributed by atoms with Gasteiger partial charge in [-0.25, -0.2) is 10.2 Å². The van der Waals surface area contributed by atoms with Gasteiger partial charge in [-0.2, -0.15) is 5.10 Å². The zero-order valence-corrected chi connectivity index (χ0v) is 16.1. The highest BCUT2D eigenvalue weighted by Crippen LogP contribution is 2.16. The van der Waals surface area contributed by atoms with E-state index in [0.717, 1.165) is 17.4 Å². The van der Waals surface area contributed by atoms with Gasteiger partial charge in [-0.05, 0) is 0 Å². The zero-order valence-electron chi connectivity index (χ0n) is 15.3. The van der Waals surface area contributed by atoms with Crippen molar-refractivity contribution in [3.05, 3.63) is 77.5 Å². The number of hydrogen-bond donors (Lipinski definition) is 4. The molecule has 15 heteroatoms. The summed E-state index contributed by atoms with van der Waals surface area (Å²) >= 11 is 0.908. The second kappa shape index (κ2) is 9.31. The maximum atomic E-state index is 12.1. The van der Waals surface area contributed by atoms with Crippen LogP contribution in [0.15, 0.2) is 45.0 Å². The number of rotatable bonds is 7. The summed E-state index contributed by atoms with van der Waals surface area (Å²) in [6.45, 7) is 0. The van der Waals surface area contributed by atoms with Gasteiger partial charge in [0.2, 0.25) is 11.0 Å². The van der Waals surface area contributed by atoms with Crippen LogP contribution in [0, 0.1) is 10.1 Å². The molecule has 0 saturated carbocycles. The summed E-state index contributed by atoms with van der Waals surface area (Å²) in [6.07, 6.45) is 1.06. The molecule has 0 unspecified atom stereocenters. The molecule has 4 N–H and O–H groups in total. The lowest BCUT2D eigenvalue weighted by Crippen LogP contribution is -2.27. The van der Waals surface area contributed by atoms with Crippen molar-refractivity contribution in [1.29, 1.82) is 0 Å². The maximum absolute atomic E-state index is 12.1. The maximum Gasteiger partial charge on any atom is 0.326 e. The average Bonchev–Trinajstić information content (AvgIpc) is 3.14. The predicted octanol–water partition coefficient (Wildman–Crippen LogP) is -0.232. The highest BCUT2D eigenvalue weighted by Gasteiger charge is 2.14. The number of H-pyrrole nitrogens is 2. The number of aromatic amines is 2. The topological polar surface area (TPSA) is 205 Å². The minimum atomic E-state index is -0.835. The van der Waals surface area contributed by atoms with Gasteiger partial charge in [-0.3, -0.25) is 34.8 Å². The standard InChI is InChI=1S/C16H12N8O6S/c25-11-5-10(18-15(28)19-11)14(27)20-16-23-22-13(31-16)6-12(26)21-17-7-8-2-1-3-9(4-8)24(29)30/h1-5,7H,6H2,(H,21,26)(H,20,23,27)(H2,18,19,25,28)/b17-7-. The van der Waals surface area contributed by atoms with Gasteiger partial charge in [-0.1, -0.05) is 23.5 Å². The number of non-ortho nitro benzene ring substituents is 1. The SMILES string of the molecule is O=C(Cc1nnc(NC(=O)c2cc(=O)[nH]c(=O)[nH]2)s1)N/N=C\c1cccc([N+](=O)[O-])c1. The quantitative estimate of drug-likeness (QED) is 0.217. The Bertz CT molecular complexity index is 1270. The Morgan fingerprint density at radius 1 is 1.23 bits per heavy atom. The molecule has 0 bridgehead atoms. The van der Waals surface area contributed by atoms with E-state index in [4.69, 9.17) is 0 Å². The van der Waals surface area contributed by atoms with Crippen LogP contribution in [0.1, 0.15) is 21.1 Å². The van der Waals surface area contributed by atoms with Gasteiger partial charge in [0.05, 0.1) is 17.6 Å². The molecule has 3 rings (SSSR count). The van der Waals surface area contributed by atoms with Crippen LogP contribution in [0.4, 0.5) is 10.8 Å². The number of nitro groups is 1. The average molecular weight is 444 g/mol. The van der Waals surface area contributed by atoms with Crippen LogP contribution < -0.4 is 22.0 Å². The van der Waals surface area contributed by atoms with Gasteiger partial charge < -0.3 is 4.98 Å². The molecule has 158 valence electrons. The smallest absolute Gasteiger partial charge is 0.303 e. The lowest BCUT2D eigenvalue weighted by molar-refractivity contribution is -0.384. The first-order valence-electron chi connectivity index (χ1n) is 8.34. The van der Waals surface area contributed by atoms with Crippen LogP contribution in [0.3, 0.4) is 0 Å². The van der Waals surface area contributed by atoms with Crippen LogP contribution in [0.5, 0.6) is 0 Å². The molecular formula is C16H12N8O6S. The summed E-state index contributed by atoms with van der Waals surface area (Å²) in [5.41, 5.74) is 0.725. The molecule has 0 aliphatic rings. The molecule has 0 saturated heterocycles. The Morgan fingerprint density at radius 2 is 2.03 bits per heavy atom. The minimum Gasteiger partial charge on any atom is -0.303 e. The van der Waals surface area contributed by atoms with E-state index < -0.39 is 28.0 Å². The summed E-state index contributed by atoms with van der Waals surface area (Å²) in [5.74, 6) is -1.31. The molecule has 31 heavy (non-hydrogen) atoms. The van der Waals surface area contributed by atoms with Crippen molar-refractivity contribution in [1.82, 2.24) is 25.6 Å². The number of carbonyl (C=O) groups excluding carboxylic acids is 2. The second-order valence-electron chi connectivity index (χ2n) is 5.78. The van der Waals surface area contributed by atoms with Gasteiger partial charge in [0, 0.05) is 23.8 Å². The van der Waals surface area contributed by atoms with Crippen molar-refractivity contribution in [3.63, 3.8) is 0 Å². The fraction of sp³-hybridized carbons (Fsp3) is 0.0625. The molecule has 2 heterocycles. The largest absolute Gasteiger partial charge is 0.326 e. The Morgan fingerprint density at radius 3 is 2.77 bits per heavy atom. The fourth-order valence-corrected chi connectivity index (χ4v) is 2.94. The van der Waals surface area contributed by atoms with E-state index >= 15 is 0 Å². The molecule has 0 radical (unpaired) electrons. The molecule has 2 amide bonds.